The fourth-order valence-corrected chi connectivity index (χ4v) is 3.71. The van der Waals surface area contributed by atoms with Gasteiger partial charge in [-0.15, -0.1) is 11.8 Å². The van der Waals surface area contributed by atoms with E-state index in [1.165, 1.54) is 29.7 Å². The zero-order valence-corrected chi connectivity index (χ0v) is 17.2. The average Bonchev–Trinajstić information content (AvgIpc) is 2.68. The van der Waals surface area contributed by atoms with Gasteiger partial charge in [0, 0.05) is 27.8 Å². The van der Waals surface area contributed by atoms with Crippen molar-refractivity contribution in [1.29, 1.82) is 0 Å². The highest BCUT2D eigenvalue weighted by Crippen LogP contribution is 2.24. The molecule has 0 aromatic heterocycles. The highest BCUT2D eigenvalue weighted by atomic mass is 35.5. The molecule has 26 heavy (non-hydrogen) atoms. The molecule has 2 nitrogen and oxygen atoms in total. The SMILES string of the molecule is CCCC[C@H](CC)CNC(=O)c1ccc(CSc2ccc(Cl)cc2)cc1. The highest BCUT2D eigenvalue weighted by Gasteiger charge is 2.10. The van der Waals surface area contributed by atoms with Crippen molar-refractivity contribution in [3.8, 4) is 0 Å². The number of unbranched alkanes of at least 4 members (excludes halogenated alkanes) is 1. The van der Waals surface area contributed by atoms with Crippen LogP contribution in [0.2, 0.25) is 5.02 Å². The van der Waals surface area contributed by atoms with Gasteiger partial charge in [-0.1, -0.05) is 56.8 Å². The van der Waals surface area contributed by atoms with Crippen LogP contribution in [0.5, 0.6) is 0 Å². The summed E-state index contributed by atoms with van der Waals surface area (Å²) in [5, 5.41) is 3.84. The van der Waals surface area contributed by atoms with Crippen LogP contribution < -0.4 is 5.32 Å². The summed E-state index contributed by atoms with van der Waals surface area (Å²) in [4.78, 5) is 13.5. The fraction of sp³-hybridized carbons (Fsp3) is 0.409. The van der Waals surface area contributed by atoms with E-state index in [9.17, 15) is 4.79 Å². The number of rotatable bonds is 10. The average molecular weight is 390 g/mol. The lowest BCUT2D eigenvalue weighted by Crippen LogP contribution is -2.29. The van der Waals surface area contributed by atoms with Crippen molar-refractivity contribution in [3.05, 3.63) is 64.7 Å². The maximum absolute atomic E-state index is 12.3. The highest BCUT2D eigenvalue weighted by molar-refractivity contribution is 7.98. The van der Waals surface area contributed by atoms with Crippen LogP contribution in [0.1, 0.15) is 55.5 Å². The van der Waals surface area contributed by atoms with Crippen molar-refractivity contribution >= 4 is 29.3 Å². The van der Waals surface area contributed by atoms with E-state index < -0.39 is 0 Å². The number of nitrogens with one attached hydrogen (secondary N) is 1. The second kappa shape index (κ2) is 11.3. The van der Waals surface area contributed by atoms with Gasteiger partial charge < -0.3 is 5.32 Å². The Morgan fingerprint density at radius 2 is 1.77 bits per heavy atom. The molecule has 4 heteroatoms. The third-order valence-electron chi connectivity index (χ3n) is 4.53. The van der Waals surface area contributed by atoms with Gasteiger partial charge in [0.2, 0.25) is 0 Å². The molecule has 2 aromatic rings. The van der Waals surface area contributed by atoms with Crippen LogP contribution in [0, 0.1) is 5.92 Å². The van der Waals surface area contributed by atoms with Crippen LogP contribution in [0.25, 0.3) is 0 Å². The number of halogens is 1. The first-order valence-corrected chi connectivity index (χ1v) is 10.7. The third kappa shape index (κ3) is 7.05. The summed E-state index contributed by atoms with van der Waals surface area (Å²) >= 11 is 7.67. The topological polar surface area (TPSA) is 29.1 Å². The Bertz CT molecular complexity index is 670. The minimum Gasteiger partial charge on any atom is -0.352 e. The molecule has 0 unspecified atom stereocenters. The molecule has 2 rings (SSSR count). The number of carbonyl (C=O) groups is 1. The third-order valence-corrected chi connectivity index (χ3v) is 5.86. The first-order chi connectivity index (χ1) is 12.6. The van der Waals surface area contributed by atoms with Crippen molar-refractivity contribution < 1.29 is 4.79 Å². The summed E-state index contributed by atoms with van der Waals surface area (Å²) in [7, 11) is 0. The van der Waals surface area contributed by atoms with E-state index in [4.69, 9.17) is 11.6 Å². The van der Waals surface area contributed by atoms with Crippen molar-refractivity contribution in [2.24, 2.45) is 5.92 Å². The zero-order chi connectivity index (χ0) is 18.8. The Morgan fingerprint density at radius 1 is 1.08 bits per heavy atom. The van der Waals surface area contributed by atoms with Crippen LogP contribution in [0.4, 0.5) is 0 Å². The number of hydrogen-bond acceptors (Lipinski definition) is 2. The minimum atomic E-state index is 0.0249. The van der Waals surface area contributed by atoms with Gasteiger partial charge in [-0.25, -0.2) is 0 Å². The molecule has 1 N–H and O–H groups in total. The monoisotopic (exact) mass is 389 g/mol. The van der Waals surface area contributed by atoms with Gasteiger partial charge in [-0.2, -0.15) is 0 Å². The molecule has 0 aliphatic rings. The van der Waals surface area contributed by atoms with E-state index in [1.54, 1.807) is 11.8 Å². The van der Waals surface area contributed by atoms with Gasteiger partial charge in [0.1, 0.15) is 0 Å². The standard InChI is InChI=1S/C22H28ClNOS/c1-3-5-6-17(4-2)15-24-22(25)19-9-7-18(8-10-19)16-26-21-13-11-20(23)12-14-21/h7-14,17H,3-6,15-16H2,1-2H3,(H,24,25)/t17-/m0/s1. The van der Waals surface area contributed by atoms with Crippen LogP contribution in [0.15, 0.2) is 53.4 Å². The molecule has 0 fully saturated rings. The van der Waals surface area contributed by atoms with Crippen LogP contribution in [0.3, 0.4) is 0 Å². The lowest BCUT2D eigenvalue weighted by Gasteiger charge is -2.15. The molecule has 0 heterocycles. The first kappa shape index (κ1) is 20.9. The lowest BCUT2D eigenvalue weighted by molar-refractivity contribution is 0.0946. The van der Waals surface area contributed by atoms with Gasteiger partial charge in [0.25, 0.3) is 5.91 Å². The molecular weight excluding hydrogens is 362 g/mol. The molecule has 0 bridgehead atoms. The Morgan fingerprint density at radius 3 is 2.38 bits per heavy atom. The zero-order valence-electron chi connectivity index (χ0n) is 15.6. The van der Waals surface area contributed by atoms with E-state index >= 15 is 0 Å². The second-order valence-corrected chi connectivity index (χ2v) is 8.05. The summed E-state index contributed by atoms with van der Waals surface area (Å²) in [5.74, 6) is 1.48. The minimum absolute atomic E-state index is 0.0249. The molecule has 1 amide bonds. The number of benzene rings is 2. The molecule has 0 aliphatic carbocycles. The Kier molecular flexibility index (Phi) is 9.07. The summed E-state index contributed by atoms with van der Waals surface area (Å²) in [6.07, 6.45) is 4.74. The quantitative estimate of drug-likeness (QED) is 0.465. The Balaban J connectivity index is 1.81. The molecule has 0 saturated heterocycles. The second-order valence-electron chi connectivity index (χ2n) is 6.57. The van der Waals surface area contributed by atoms with Crippen molar-refractivity contribution in [1.82, 2.24) is 5.32 Å². The summed E-state index contributed by atoms with van der Waals surface area (Å²) in [5.41, 5.74) is 1.94. The first-order valence-electron chi connectivity index (χ1n) is 9.37. The van der Waals surface area contributed by atoms with Gasteiger partial charge in [0.15, 0.2) is 0 Å². The summed E-state index contributed by atoms with van der Waals surface area (Å²) < 4.78 is 0. The molecular formula is C22H28ClNOS. The van der Waals surface area contributed by atoms with Gasteiger partial charge in [-0.3, -0.25) is 4.79 Å². The number of amides is 1. The van der Waals surface area contributed by atoms with Gasteiger partial charge in [-0.05, 0) is 54.3 Å². The maximum atomic E-state index is 12.3. The van der Waals surface area contributed by atoms with Crippen molar-refractivity contribution in [2.45, 2.75) is 50.2 Å². The fourth-order valence-electron chi connectivity index (χ4n) is 2.73. The maximum Gasteiger partial charge on any atom is 0.251 e. The molecule has 140 valence electrons. The van der Waals surface area contributed by atoms with Crippen LogP contribution in [-0.4, -0.2) is 12.5 Å². The normalized spacial score (nSPS) is 12.0. The van der Waals surface area contributed by atoms with Crippen LogP contribution in [-0.2, 0) is 5.75 Å². The van der Waals surface area contributed by atoms with Gasteiger partial charge in [0.05, 0.1) is 0 Å². The molecule has 0 radical (unpaired) electrons. The molecule has 0 spiro atoms. The Labute approximate surface area is 166 Å². The van der Waals surface area contributed by atoms with E-state index in [0.717, 1.165) is 29.3 Å². The van der Waals surface area contributed by atoms with Gasteiger partial charge >= 0.3 is 0 Å². The van der Waals surface area contributed by atoms with E-state index in [0.29, 0.717) is 5.92 Å². The van der Waals surface area contributed by atoms with Crippen molar-refractivity contribution in [2.75, 3.05) is 6.54 Å². The molecule has 2 aromatic carbocycles. The van der Waals surface area contributed by atoms with Crippen molar-refractivity contribution in [3.63, 3.8) is 0 Å². The largest absolute Gasteiger partial charge is 0.352 e. The predicted octanol–water partition coefficient (Wildman–Crippen LogP) is 6.58. The molecule has 0 aliphatic heterocycles. The smallest absolute Gasteiger partial charge is 0.251 e. The molecule has 1 atom stereocenters. The van der Waals surface area contributed by atoms with E-state index in [2.05, 4.69) is 19.2 Å². The van der Waals surface area contributed by atoms with E-state index in [1.807, 2.05) is 48.5 Å². The lowest BCUT2D eigenvalue weighted by atomic mass is 9.99. The van der Waals surface area contributed by atoms with Crippen LogP contribution >= 0.6 is 23.4 Å². The summed E-state index contributed by atoms with van der Waals surface area (Å²) in [6, 6.07) is 15.8. The molecule has 0 saturated carbocycles. The Hall–Kier alpha value is -1.45. The summed E-state index contributed by atoms with van der Waals surface area (Å²) in [6.45, 7) is 5.17. The number of carbonyl (C=O) groups excluding carboxylic acids is 1. The van der Waals surface area contributed by atoms with E-state index in [-0.39, 0.29) is 5.91 Å². The predicted molar refractivity (Wildman–Crippen MR) is 113 cm³/mol. The number of thioether (sulfide) groups is 1. The number of hydrogen-bond donors (Lipinski definition) is 1.